The highest BCUT2D eigenvalue weighted by molar-refractivity contribution is 7.09. The molecule has 0 aliphatic rings. The number of carboxylic acid groups (broad SMARTS) is 1. The summed E-state index contributed by atoms with van der Waals surface area (Å²) in [5.74, 6) is -1.01. The van der Waals surface area contributed by atoms with E-state index in [9.17, 15) is 9.59 Å². The molecule has 0 saturated heterocycles. The number of amides is 1. The topological polar surface area (TPSA) is 79.3 Å². The highest BCUT2D eigenvalue weighted by atomic mass is 32.1. The predicted molar refractivity (Wildman–Crippen MR) is 77.0 cm³/mol. The molecule has 0 unspecified atom stereocenters. The van der Waals surface area contributed by atoms with Crippen LogP contribution in [0, 0.1) is 6.92 Å². The summed E-state index contributed by atoms with van der Waals surface area (Å²) in [6.07, 6.45) is 0.216. The standard InChI is InChI=1S/C14H14N2O3S/c1-9-15-12(8-20-9)7-13(17)16-11-4-2-10(3-5-11)6-14(18)19/h2-5,8H,6-7H2,1H3,(H,16,17)(H,18,19). The van der Waals surface area contributed by atoms with E-state index in [2.05, 4.69) is 10.3 Å². The third kappa shape index (κ3) is 4.17. The van der Waals surface area contributed by atoms with E-state index in [1.54, 1.807) is 24.3 Å². The lowest BCUT2D eigenvalue weighted by Gasteiger charge is -2.05. The molecule has 20 heavy (non-hydrogen) atoms. The van der Waals surface area contributed by atoms with E-state index in [0.29, 0.717) is 11.3 Å². The molecule has 0 aliphatic carbocycles. The van der Waals surface area contributed by atoms with Crippen molar-refractivity contribution in [3.05, 3.63) is 45.9 Å². The number of nitrogens with one attached hydrogen (secondary N) is 1. The molecular weight excluding hydrogens is 276 g/mol. The van der Waals surface area contributed by atoms with Crippen molar-refractivity contribution in [2.75, 3.05) is 5.32 Å². The number of aliphatic carboxylic acids is 1. The molecule has 0 fully saturated rings. The lowest BCUT2D eigenvalue weighted by molar-refractivity contribution is -0.136. The fourth-order valence-electron chi connectivity index (χ4n) is 1.74. The Morgan fingerprint density at radius 2 is 1.95 bits per heavy atom. The summed E-state index contributed by atoms with van der Waals surface area (Å²) in [4.78, 5) is 26.6. The minimum absolute atomic E-state index is 0.0215. The summed E-state index contributed by atoms with van der Waals surface area (Å²) < 4.78 is 0. The number of thiazole rings is 1. The Kier molecular flexibility index (Phi) is 4.47. The van der Waals surface area contributed by atoms with Gasteiger partial charge in [0.1, 0.15) is 0 Å². The quantitative estimate of drug-likeness (QED) is 0.885. The number of hydrogen-bond acceptors (Lipinski definition) is 4. The second kappa shape index (κ2) is 6.29. The van der Waals surface area contributed by atoms with Gasteiger partial charge in [0.15, 0.2) is 0 Å². The van der Waals surface area contributed by atoms with Gasteiger partial charge in [-0.1, -0.05) is 12.1 Å². The molecule has 104 valence electrons. The van der Waals surface area contributed by atoms with Gasteiger partial charge in [-0.25, -0.2) is 4.98 Å². The molecule has 2 rings (SSSR count). The number of hydrogen-bond donors (Lipinski definition) is 2. The first-order valence-electron chi connectivity index (χ1n) is 6.04. The van der Waals surface area contributed by atoms with E-state index in [4.69, 9.17) is 5.11 Å². The van der Waals surface area contributed by atoms with Gasteiger partial charge in [-0.15, -0.1) is 11.3 Å². The molecule has 2 aromatic rings. The summed E-state index contributed by atoms with van der Waals surface area (Å²) >= 11 is 1.51. The number of aryl methyl sites for hydroxylation is 1. The third-order valence-electron chi connectivity index (χ3n) is 2.60. The van der Waals surface area contributed by atoms with Crippen LogP contribution in [0.3, 0.4) is 0 Å². The fraction of sp³-hybridized carbons (Fsp3) is 0.214. The smallest absolute Gasteiger partial charge is 0.307 e. The van der Waals surface area contributed by atoms with Gasteiger partial charge in [0, 0.05) is 11.1 Å². The molecule has 0 radical (unpaired) electrons. The van der Waals surface area contributed by atoms with Crippen molar-refractivity contribution < 1.29 is 14.7 Å². The van der Waals surface area contributed by atoms with Crippen molar-refractivity contribution in [1.29, 1.82) is 0 Å². The van der Waals surface area contributed by atoms with Crippen molar-refractivity contribution in [1.82, 2.24) is 4.98 Å². The normalized spacial score (nSPS) is 10.2. The zero-order valence-corrected chi connectivity index (χ0v) is 11.7. The second-order valence-electron chi connectivity index (χ2n) is 4.35. The number of anilines is 1. The van der Waals surface area contributed by atoms with Crippen molar-refractivity contribution in [3.63, 3.8) is 0 Å². The van der Waals surface area contributed by atoms with Crippen LogP contribution >= 0.6 is 11.3 Å². The van der Waals surface area contributed by atoms with Crippen LogP contribution in [0.15, 0.2) is 29.6 Å². The minimum Gasteiger partial charge on any atom is -0.481 e. The molecule has 1 aromatic heterocycles. The van der Waals surface area contributed by atoms with Crippen molar-refractivity contribution in [2.45, 2.75) is 19.8 Å². The van der Waals surface area contributed by atoms with Gasteiger partial charge in [-0.3, -0.25) is 9.59 Å². The highest BCUT2D eigenvalue weighted by Gasteiger charge is 2.07. The molecule has 0 bridgehead atoms. The van der Waals surface area contributed by atoms with Gasteiger partial charge >= 0.3 is 5.97 Å². The molecule has 1 heterocycles. The number of carbonyl (C=O) groups excluding carboxylic acids is 1. The van der Waals surface area contributed by atoms with Gasteiger partial charge in [-0.2, -0.15) is 0 Å². The van der Waals surface area contributed by atoms with Crippen LogP contribution in [0.25, 0.3) is 0 Å². The molecule has 0 atom stereocenters. The SMILES string of the molecule is Cc1nc(CC(=O)Nc2ccc(CC(=O)O)cc2)cs1. The second-order valence-corrected chi connectivity index (χ2v) is 5.41. The van der Waals surface area contributed by atoms with E-state index < -0.39 is 5.97 Å². The third-order valence-corrected chi connectivity index (χ3v) is 3.42. The molecule has 0 aliphatic heterocycles. The molecule has 1 aromatic carbocycles. The van der Waals surface area contributed by atoms with E-state index in [0.717, 1.165) is 10.7 Å². The minimum atomic E-state index is -0.874. The largest absolute Gasteiger partial charge is 0.481 e. The summed E-state index contributed by atoms with van der Waals surface area (Å²) in [7, 11) is 0. The lowest BCUT2D eigenvalue weighted by atomic mass is 10.1. The van der Waals surface area contributed by atoms with Crippen molar-refractivity contribution in [2.24, 2.45) is 0 Å². The van der Waals surface area contributed by atoms with Crippen LogP contribution in [0.5, 0.6) is 0 Å². The number of aromatic nitrogens is 1. The lowest BCUT2D eigenvalue weighted by Crippen LogP contribution is -2.14. The van der Waals surface area contributed by atoms with Crippen LogP contribution in [0.1, 0.15) is 16.3 Å². The Morgan fingerprint density at radius 3 is 2.50 bits per heavy atom. The van der Waals surface area contributed by atoms with Crippen LogP contribution in [0.2, 0.25) is 0 Å². The fourth-order valence-corrected chi connectivity index (χ4v) is 2.35. The molecule has 0 saturated carbocycles. The van der Waals surface area contributed by atoms with Crippen LogP contribution < -0.4 is 5.32 Å². The zero-order chi connectivity index (χ0) is 14.5. The maximum Gasteiger partial charge on any atom is 0.307 e. The summed E-state index contributed by atoms with van der Waals surface area (Å²) in [6.45, 7) is 1.90. The first kappa shape index (κ1) is 14.2. The van der Waals surface area contributed by atoms with Crippen LogP contribution in [0.4, 0.5) is 5.69 Å². The summed E-state index contributed by atoms with van der Waals surface area (Å²) in [6, 6.07) is 6.78. The van der Waals surface area contributed by atoms with Gasteiger partial charge in [0.2, 0.25) is 5.91 Å². The van der Waals surface area contributed by atoms with Crippen LogP contribution in [-0.2, 0) is 22.4 Å². The highest BCUT2D eigenvalue weighted by Crippen LogP contribution is 2.12. The van der Waals surface area contributed by atoms with Crippen molar-refractivity contribution >= 4 is 28.9 Å². The van der Waals surface area contributed by atoms with E-state index in [1.165, 1.54) is 11.3 Å². The summed E-state index contributed by atoms with van der Waals surface area (Å²) in [5.41, 5.74) is 2.11. The maximum absolute atomic E-state index is 11.8. The Morgan fingerprint density at radius 1 is 1.25 bits per heavy atom. The van der Waals surface area contributed by atoms with Crippen molar-refractivity contribution in [3.8, 4) is 0 Å². The van der Waals surface area contributed by atoms with E-state index in [1.807, 2.05) is 12.3 Å². The Bertz CT molecular complexity index is 620. The summed E-state index contributed by atoms with van der Waals surface area (Å²) in [5, 5.41) is 14.2. The van der Waals surface area contributed by atoms with Gasteiger partial charge in [-0.05, 0) is 24.6 Å². The first-order valence-corrected chi connectivity index (χ1v) is 6.92. The van der Waals surface area contributed by atoms with Gasteiger partial charge < -0.3 is 10.4 Å². The monoisotopic (exact) mass is 290 g/mol. The van der Waals surface area contributed by atoms with Gasteiger partial charge in [0.25, 0.3) is 0 Å². The first-order chi connectivity index (χ1) is 9.52. The average molecular weight is 290 g/mol. The van der Waals surface area contributed by atoms with E-state index >= 15 is 0 Å². The Hall–Kier alpha value is -2.21. The average Bonchev–Trinajstić information content (AvgIpc) is 2.76. The zero-order valence-electron chi connectivity index (χ0n) is 10.9. The van der Waals surface area contributed by atoms with Gasteiger partial charge in [0.05, 0.1) is 23.5 Å². The Balaban J connectivity index is 1.92. The molecular formula is C14H14N2O3S. The number of carboxylic acids is 1. The van der Waals surface area contributed by atoms with Crippen LogP contribution in [-0.4, -0.2) is 22.0 Å². The molecule has 0 spiro atoms. The number of rotatable bonds is 5. The predicted octanol–water partition coefficient (Wildman–Crippen LogP) is 2.26. The molecule has 1 amide bonds. The number of nitrogens with zero attached hydrogens (tertiary/aromatic N) is 1. The number of benzene rings is 1. The maximum atomic E-state index is 11.8. The Labute approximate surface area is 120 Å². The van der Waals surface area contributed by atoms with E-state index in [-0.39, 0.29) is 18.7 Å². The molecule has 2 N–H and O–H groups in total. The molecule has 6 heteroatoms. The molecule has 5 nitrogen and oxygen atoms in total. The number of carbonyl (C=O) groups is 2.